The lowest BCUT2D eigenvalue weighted by Gasteiger charge is -2.38. The molecule has 1 atom stereocenters. The number of hydrogen-bond donors (Lipinski definition) is 3. The number of nitrogens with zero attached hydrogens (tertiary/aromatic N) is 5. The first-order chi connectivity index (χ1) is 17.3. The molecule has 3 N–H and O–H groups in total. The number of halogens is 2. The van der Waals surface area contributed by atoms with Gasteiger partial charge in [0.25, 0.3) is 0 Å². The Bertz CT molecular complexity index is 1230. The van der Waals surface area contributed by atoms with Crippen molar-refractivity contribution in [3.8, 4) is 11.3 Å². The smallest absolute Gasteiger partial charge is 0.226 e. The Morgan fingerprint density at radius 1 is 1.22 bits per heavy atom. The third kappa shape index (κ3) is 6.52. The van der Waals surface area contributed by atoms with Gasteiger partial charge in [0.1, 0.15) is 11.6 Å². The fraction of sp³-hybridized carbons (Fsp3) is 0.360. The summed E-state index contributed by atoms with van der Waals surface area (Å²) < 4.78 is 14.3. The first-order valence-corrected chi connectivity index (χ1v) is 12.1. The van der Waals surface area contributed by atoms with Crippen LogP contribution in [0, 0.1) is 12.7 Å². The third-order valence-electron chi connectivity index (χ3n) is 6.22. The summed E-state index contributed by atoms with van der Waals surface area (Å²) in [7, 11) is 2.00. The summed E-state index contributed by atoms with van der Waals surface area (Å²) in [6, 6.07) is 9.54. The number of rotatable bonds is 8. The molecule has 9 nitrogen and oxygen atoms in total. The van der Waals surface area contributed by atoms with Crippen LogP contribution in [0.2, 0.25) is 5.02 Å². The molecule has 1 aliphatic rings. The summed E-state index contributed by atoms with van der Waals surface area (Å²) in [5.41, 5.74) is 2.54. The van der Waals surface area contributed by atoms with Gasteiger partial charge in [-0.3, -0.25) is 14.6 Å². The average Bonchev–Trinajstić information content (AvgIpc) is 2.86. The molecule has 1 amide bonds. The number of nitrogens with one attached hydrogen (secondary N) is 2. The Morgan fingerprint density at radius 2 is 2.06 bits per heavy atom. The van der Waals surface area contributed by atoms with Gasteiger partial charge in [-0.15, -0.1) is 0 Å². The van der Waals surface area contributed by atoms with E-state index < -0.39 is 5.82 Å². The van der Waals surface area contributed by atoms with Crippen molar-refractivity contribution in [2.45, 2.75) is 19.4 Å². The topological polar surface area (TPSA) is 107 Å². The summed E-state index contributed by atoms with van der Waals surface area (Å²) in [4.78, 5) is 21.1. The Hall–Kier alpha value is -3.18. The number of aliphatic hydroxyl groups is 1. The summed E-state index contributed by atoms with van der Waals surface area (Å²) in [5.74, 6) is -0.169. The van der Waals surface area contributed by atoms with Gasteiger partial charge in [0.15, 0.2) is 0 Å². The number of piperazine rings is 1. The Kier molecular flexibility index (Phi) is 8.42. The minimum Gasteiger partial charge on any atom is -0.395 e. The molecular formula is C25H29ClFN7O2. The largest absolute Gasteiger partial charge is 0.395 e. The highest BCUT2D eigenvalue weighted by molar-refractivity contribution is 6.30. The number of benzene rings is 1. The highest BCUT2D eigenvalue weighted by Crippen LogP contribution is 2.28. The first-order valence-electron chi connectivity index (χ1n) is 11.7. The number of carbonyl (C=O) groups excluding carboxylic acids is 1. The zero-order valence-electron chi connectivity index (χ0n) is 20.2. The van der Waals surface area contributed by atoms with Crippen LogP contribution >= 0.6 is 11.6 Å². The van der Waals surface area contributed by atoms with Crippen molar-refractivity contribution in [3.63, 3.8) is 0 Å². The van der Waals surface area contributed by atoms with Crippen molar-refractivity contribution >= 4 is 34.7 Å². The van der Waals surface area contributed by atoms with E-state index in [0.29, 0.717) is 46.6 Å². The van der Waals surface area contributed by atoms with Crippen molar-refractivity contribution in [1.29, 1.82) is 0 Å². The van der Waals surface area contributed by atoms with Gasteiger partial charge in [-0.05, 0) is 44.3 Å². The maximum atomic E-state index is 14.3. The van der Waals surface area contributed by atoms with Gasteiger partial charge in [0.2, 0.25) is 5.91 Å². The maximum Gasteiger partial charge on any atom is 0.226 e. The van der Waals surface area contributed by atoms with E-state index in [4.69, 9.17) is 11.6 Å². The van der Waals surface area contributed by atoms with E-state index >= 15 is 0 Å². The molecule has 0 saturated carbocycles. The highest BCUT2D eigenvalue weighted by atomic mass is 35.5. The number of aromatic nitrogens is 3. The second kappa shape index (κ2) is 11.7. The van der Waals surface area contributed by atoms with E-state index in [1.54, 1.807) is 31.3 Å². The molecule has 0 aliphatic carbocycles. The molecule has 0 bridgehead atoms. The van der Waals surface area contributed by atoms with Gasteiger partial charge in [0, 0.05) is 67.2 Å². The van der Waals surface area contributed by atoms with Crippen molar-refractivity contribution in [1.82, 2.24) is 25.0 Å². The zero-order chi connectivity index (χ0) is 25.7. The predicted octanol–water partition coefficient (Wildman–Crippen LogP) is 3.32. The second-order valence-electron chi connectivity index (χ2n) is 8.82. The van der Waals surface area contributed by atoms with Crippen LogP contribution in [0.3, 0.4) is 0 Å². The van der Waals surface area contributed by atoms with Gasteiger partial charge < -0.3 is 15.7 Å². The number of aryl methyl sites for hydroxylation is 1. The van der Waals surface area contributed by atoms with E-state index in [0.717, 1.165) is 19.6 Å². The number of carbonyl (C=O) groups is 1. The molecule has 3 heterocycles. The second-order valence-corrected chi connectivity index (χ2v) is 9.26. The number of pyridine rings is 1. The van der Waals surface area contributed by atoms with Crippen LogP contribution < -0.4 is 10.6 Å². The number of amides is 1. The summed E-state index contributed by atoms with van der Waals surface area (Å²) in [5, 5.41) is 24.2. The van der Waals surface area contributed by atoms with Gasteiger partial charge in [-0.2, -0.15) is 10.2 Å². The van der Waals surface area contributed by atoms with Crippen molar-refractivity contribution < 1.29 is 14.3 Å². The molecule has 1 unspecified atom stereocenters. The molecule has 1 fully saturated rings. The average molecular weight is 514 g/mol. The van der Waals surface area contributed by atoms with Crippen LogP contribution in [-0.4, -0.2) is 81.9 Å². The van der Waals surface area contributed by atoms with Crippen LogP contribution in [0.4, 0.5) is 21.6 Å². The number of hydrogen-bond acceptors (Lipinski definition) is 8. The number of anilines is 3. The molecule has 1 saturated heterocycles. The highest BCUT2D eigenvalue weighted by Gasteiger charge is 2.23. The molecule has 0 spiro atoms. The lowest BCUT2D eigenvalue weighted by molar-refractivity contribution is -0.116. The predicted molar refractivity (Wildman–Crippen MR) is 138 cm³/mol. The molecule has 190 valence electrons. The molecule has 4 rings (SSSR count). The maximum absolute atomic E-state index is 14.3. The lowest BCUT2D eigenvalue weighted by Crippen LogP contribution is -2.53. The third-order valence-corrected chi connectivity index (χ3v) is 6.45. The zero-order valence-corrected chi connectivity index (χ0v) is 21.0. The molecule has 3 aromatic rings. The van der Waals surface area contributed by atoms with Crippen LogP contribution in [-0.2, 0) is 4.79 Å². The monoisotopic (exact) mass is 513 g/mol. The fourth-order valence-electron chi connectivity index (χ4n) is 4.01. The summed E-state index contributed by atoms with van der Waals surface area (Å²) in [6.45, 7) is 4.95. The van der Waals surface area contributed by atoms with Gasteiger partial charge in [0.05, 0.1) is 23.7 Å². The Balaban J connectivity index is 1.39. The van der Waals surface area contributed by atoms with Gasteiger partial charge in [-0.25, -0.2) is 9.37 Å². The van der Waals surface area contributed by atoms with E-state index in [9.17, 15) is 14.3 Å². The minimum atomic E-state index is -0.444. The van der Waals surface area contributed by atoms with E-state index in [1.807, 2.05) is 7.05 Å². The summed E-state index contributed by atoms with van der Waals surface area (Å²) in [6.07, 6.45) is 1.91. The molecule has 0 radical (unpaired) electrons. The normalized spacial score (nSPS) is 16.6. The van der Waals surface area contributed by atoms with Crippen LogP contribution in [0.15, 0.2) is 42.6 Å². The molecule has 11 heteroatoms. The molecule has 2 aromatic heterocycles. The van der Waals surface area contributed by atoms with E-state index in [1.165, 1.54) is 18.2 Å². The standard InChI is InChI=1S/C25H29ClFN7O2/c1-16-22(13-23(32-31-16)20-11-17(26)3-4-21(20)27)29-18-5-7-28-24(12-18)30-25(36)6-8-34-10-9-33(2)19(14-34)15-35/h3-5,7,11-13,19,35H,6,8-10,14-15H2,1-2H3,(H2,28,29,30,32,36). The van der Waals surface area contributed by atoms with Crippen molar-refractivity contribution in [2.75, 3.05) is 50.5 Å². The molecule has 1 aromatic carbocycles. The van der Waals surface area contributed by atoms with Crippen LogP contribution in [0.25, 0.3) is 11.3 Å². The van der Waals surface area contributed by atoms with Crippen LogP contribution in [0.1, 0.15) is 12.1 Å². The summed E-state index contributed by atoms with van der Waals surface area (Å²) >= 11 is 6.03. The van der Waals surface area contributed by atoms with E-state index in [-0.39, 0.29) is 24.1 Å². The molecule has 36 heavy (non-hydrogen) atoms. The first kappa shape index (κ1) is 25.9. The minimum absolute atomic E-state index is 0.0910. The van der Waals surface area contributed by atoms with Crippen LogP contribution in [0.5, 0.6) is 0 Å². The number of likely N-dealkylation sites (N-methyl/N-ethyl adjacent to an activating group) is 1. The van der Waals surface area contributed by atoms with E-state index in [2.05, 4.69) is 35.6 Å². The van der Waals surface area contributed by atoms with Gasteiger partial charge >= 0.3 is 0 Å². The van der Waals surface area contributed by atoms with Crippen molar-refractivity contribution in [2.24, 2.45) is 0 Å². The fourth-order valence-corrected chi connectivity index (χ4v) is 4.18. The molecular weight excluding hydrogens is 485 g/mol. The Morgan fingerprint density at radius 3 is 2.86 bits per heavy atom. The molecule has 1 aliphatic heterocycles. The Labute approximate surface area is 214 Å². The van der Waals surface area contributed by atoms with Gasteiger partial charge in [-0.1, -0.05) is 11.6 Å². The lowest BCUT2D eigenvalue weighted by atomic mass is 10.1. The quantitative estimate of drug-likeness (QED) is 0.421. The van der Waals surface area contributed by atoms with Crippen molar-refractivity contribution in [3.05, 3.63) is 59.1 Å². The number of aliphatic hydroxyl groups excluding tert-OH is 1. The SMILES string of the molecule is Cc1nnc(-c2cc(Cl)ccc2F)cc1Nc1ccnc(NC(=O)CCN2CCN(C)C(CO)C2)c1.